The van der Waals surface area contributed by atoms with Crippen molar-refractivity contribution < 1.29 is 14.3 Å². The third-order valence-corrected chi connectivity index (χ3v) is 4.83. The van der Waals surface area contributed by atoms with Crippen molar-refractivity contribution in [3.8, 4) is 16.9 Å². The fraction of sp³-hybridized carbons (Fsp3) is 0.480. The first-order valence-corrected chi connectivity index (χ1v) is 10.7. The van der Waals surface area contributed by atoms with Gasteiger partial charge in [0.05, 0.1) is 6.61 Å². The minimum absolute atomic E-state index is 0.101. The fourth-order valence-corrected chi connectivity index (χ4v) is 3.11. The number of unbranched alkanes of at least 4 members (excludes halogenated alkanes) is 4. The Hall–Kier alpha value is -2.29. The van der Waals surface area contributed by atoms with Crippen LogP contribution < -0.4 is 4.74 Å². The van der Waals surface area contributed by atoms with Crippen LogP contribution >= 0.6 is 0 Å². The first kappa shape index (κ1) is 22.0. The van der Waals surface area contributed by atoms with E-state index in [0.717, 1.165) is 48.3 Å². The quantitative estimate of drug-likeness (QED) is 0.290. The van der Waals surface area contributed by atoms with Gasteiger partial charge in [0.15, 0.2) is 0 Å². The van der Waals surface area contributed by atoms with Gasteiger partial charge in [-0.15, -0.1) is 0 Å². The van der Waals surface area contributed by atoms with E-state index in [1.807, 2.05) is 31.2 Å². The van der Waals surface area contributed by atoms with Gasteiger partial charge in [0.1, 0.15) is 11.9 Å². The highest BCUT2D eigenvalue weighted by Gasteiger charge is 2.11. The largest absolute Gasteiger partial charge is 0.494 e. The SMILES string of the molecule is CCCCCCCC(=O)OC(C)c1ccc(-c2ccc(OCCC)cc2)cc1. The summed E-state index contributed by atoms with van der Waals surface area (Å²) in [4.78, 5) is 12.0. The summed E-state index contributed by atoms with van der Waals surface area (Å²) in [6, 6.07) is 16.4. The Morgan fingerprint density at radius 3 is 2.04 bits per heavy atom. The molecule has 152 valence electrons. The summed E-state index contributed by atoms with van der Waals surface area (Å²) in [7, 11) is 0. The van der Waals surface area contributed by atoms with Gasteiger partial charge in [0.25, 0.3) is 0 Å². The number of benzene rings is 2. The van der Waals surface area contributed by atoms with E-state index in [2.05, 4.69) is 38.1 Å². The standard InChI is InChI=1S/C25H34O3/c1-4-6-7-8-9-10-25(26)28-20(3)21-11-13-22(14-12-21)23-15-17-24(18-16-23)27-19-5-2/h11-18,20H,4-10,19H2,1-3H3. The Morgan fingerprint density at radius 1 is 0.821 bits per heavy atom. The van der Waals surface area contributed by atoms with Gasteiger partial charge in [-0.3, -0.25) is 4.79 Å². The Morgan fingerprint density at radius 2 is 1.43 bits per heavy atom. The zero-order chi connectivity index (χ0) is 20.2. The Kier molecular flexibility index (Phi) is 9.61. The first-order chi connectivity index (χ1) is 13.6. The van der Waals surface area contributed by atoms with Crippen LogP contribution in [-0.4, -0.2) is 12.6 Å². The van der Waals surface area contributed by atoms with E-state index in [4.69, 9.17) is 9.47 Å². The lowest BCUT2D eigenvalue weighted by molar-refractivity contribution is -0.148. The van der Waals surface area contributed by atoms with E-state index in [9.17, 15) is 4.79 Å². The van der Waals surface area contributed by atoms with Crippen molar-refractivity contribution in [2.45, 2.75) is 71.8 Å². The molecule has 0 saturated heterocycles. The molecule has 0 aliphatic carbocycles. The molecule has 0 bridgehead atoms. The summed E-state index contributed by atoms with van der Waals surface area (Å²) in [6.45, 7) is 6.97. The molecule has 0 aromatic heterocycles. The third-order valence-electron chi connectivity index (χ3n) is 4.83. The number of ether oxygens (including phenoxy) is 2. The summed E-state index contributed by atoms with van der Waals surface area (Å²) in [5.74, 6) is 0.799. The molecule has 0 fully saturated rings. The van der Waals surface area contributed by atoms with Crippen LogP contribution in [0.5, 0.6) is 5.75 Å². The summed E-state index contributed by atoms with van der Waals surface area (Å²) in [6.07, 6.45) is 6.98. The Labute approximate surface area is 170 Å². The van der Waals surface area contributed by atoms with Crippen molar-refractivity contribution in [1.82, 2.24) is 0 Å². The van der Waals surface area contributed by atoms with Gasteiger partial charge >= 0.3 is 5.97 Å². The second kappa shape index (κ2) is 12.2. The van der Waals surface area contributed by atoms with Crippen molar-refractivity contribution in [1.29, 1.82) is 0 Å². The summed E-state index contributed by atoms with van der Waals surface area (Å²) in [5, 5.41) is 0. The number of esters is 1. The van der Waals surface area contributed by atoms with Crippen LogP contribution in [0.25, 0.3) is 11.1 Å². The molecule has 0 spiro atoms. The molecule has 0 radical (unpaired) electrons. The van der Waals surface area contributed by atoms with Crippen LogP contribution in [-0.2, 0) is 9.53 Å². The van der Waals surface area contributed by atoms with Crippen LogP contribution in [0.15, 0.2) is 48.5 Å². The highest BCUT2D eigenvalue weighted by molar-refractivity contribution is 5.69. The second-order valence-electron chi connectivity index (χ2n) is 7.29. The summed E-state index contributed by atoms with van der Waals surface area (Å²) in [5.41, 5.74) is 3.30. The van der Waals surface area contributed by atoms with Gasteiger partial charge in [-0.2, -0.15) is 0 Å². The normalized spacial score (nSPS) is 11.8. The van der Waals surface area contributed by atoms with Gasteiger partial charge in [-0.05, 0) is 48.6 Å². The van der Waals surface area contributed by atoms with Gasteiger partial charge in [-0.1, -0.05) is 75.9 Å². The summed E-state index contributed by atoms with van der Waals surface area (Å²) >= 11 is 0. The van der Waals surface area contributed by atoms with Crippen LogP contribution in [0.1, 0.15) is 77.4 Å². The maximum absolute atomic E-state index is 12.0. The van der Waals surface area contributed by atoms with Gasteiger partial charge in [0.2, 0.25) is 0 Å². The fourth-order valence-electron chi connectivity index (χ4n) is 3.11. The lowest BCUT2D eigenvalue weighted by Gasteiger charge is -2.14. The lowest BCUT2D eigenvalue weighted by Crippen LogP contribution is -2.08. The molecule has 3 heteroatoms. The molecule has 0 saturated carbocycles. The summed E-state index contributed by atoms with van der Waals surface area (Å²) < 4.78 is 11.2. The molecule has 1 unspecified atom stereocenters. The van der Waals surface area contributed by atoms with Crippen molar-refractivity contribution in [2.75, 3.05) is 6.61 Å². The van der Waals surface area contributed by atoms with Crippen molar-refractivity contribution >= 4 is 5.97 Å². The predicted octanol–water partition coefficient (Wildman–Crippen LogP) is 7.11. The lowest BCUT2D eigenvalue weighted by atomic mass is 10.0. The number of carbonyl (C=O) groups is 1. The zero-order valence-corrected chi connectivity index (χ0v) is 17.6. The van der Waals surface area contributed by atoms with Crippen molar-refractivity contribution in [2.24, 2.45) is 0 Å². The monoisotopic (exact) mass is 382 g/mol. The average Bonchev–Trinajstić information content (AvgIpc) is 2.72. The number of hydrogen-bond donors (Lipinski definition) is 0. The molecule has 0 N–H and O–H groups in total. The van der Waals surface area contributed by atoms with Gasteiger partial charge in [0, 0.05) is 6.42 Å². The zero-order valence-electron chi connectivity index (χ0n) is 17.6. The number of carbonyl (C=O) groups excluding carboxylic acids is 1. The minimum atomic E-state index is -0.220. The molecule has 1 atom stereocenters. The van der Waals surface area contributed by atoms with Crippen LogP contribution in [0.3, 0.4) is 0 Å². The molecule has 0 aliphatic heterocycles. The van der Waals surface area contributed by atoms with Crippen LogP contribution in [0.4, 0.5) is 0 Å². The van der Waals surface area contributed by atoms with E-state index in [1.165, 1.54) is 19.3 Å². The van der Waals surface area contributed by atoms with E-state index < -0.39 is 0 Å². The number of rotatable bonds is 12. The highest BCUT2D eigenvalue weighted by Crippen LogP contribution is 2.25. The highest BCUT2D eigenvalue weighted by atomic mass is 16.5. The molecule has 2 aromatic carbocycles. The van der Waals surface area contributed by atoms with Gasteiger partial charge < -0.3 is 9.47 Å². The van der Waals surface area contributed by atoms with Crippen LogP contribution in [0.2, 0.25) is 0 Å². The average molecular weight is 383 g/mol. The Balaban J connectivity index is 1.84. The molecule has 0 amide bonds. The number of hydrogen-bond acceptors (Lipinski definition) is 3. The Bertz CT molecular complexity index is 689. The first-order valence-electron chi connectivity index (χ1n) is 10.7. The smallest absolute Gasteiger partial charge is 0.306 e. The minimum Gasteiger partial charge on any atom is -0.494 e. The van der Waals surface area contributed by atoms with E-state index in [1.54, 1.807) is 0 Å². The maximum atomic E-state index is 12.0. The molecule has 0 aliphatic rings. The molecule has 3 nitrogen and oxygen atoms in total. The molecule has 2 aromatic rings. The van der Waals surface area contributed by atoms with E-state index >= 15 is 0 Å². The second-order valence-corrected chi connectivity index (χ2v) is 7.29. The molecule has 2 rings (SSSR count). The third kappa shape index (κ3) is 7.38. The topological polar surface area (TPSA) is 35.5 Å². The molecular formula is C25H34O3. The predicted molar refractivity (Wildman–Crippen MR) is 116 cm³/mol. The van der Waals surface area contributed by atoms with Crippen LogP contribution in [0, 0.1) is 0 Å². The molecule has 28 heavy (non-hydrogen) atoms. The van der Waals surface area contributed by atoms with E-state index in [-0.39, 0.29) is 12.1 Å². The maximum Gasteiger partial charge on any atom is 0.306 e. The van der Waals surface area contributed by atoms with Crippen molar-refractivity contribution in [3.63, 3.8) is 0 Å². The van der Waals surface area contributed by atoms with Crippen molar-refractivity contribution in [3.05, 3.63) is 54.1 Å². The van der Waals surface area contributed by atoms with E-state index in [0.29, 0.717) is 6.42 Å². The molecular weight excluding hydrogens is 348 g/mol. The van der Waals surface area contributed by atoms with Gasteiger partial charge in [-0.25, -0.2) is 0 Å². The molecule has 0 heterocycles.